The number of rotatable bonds is 1. The monoisotopic (exact) mass is 388 g/mol. The van der Waals surface area contributed by atoms with Gasteiger partial charge in [-0.1, -0.05) is 20.4 Å². The Bertz CT molecular complexity index is 803. The Morgan fingerprint density at radius 3 is 2.82 bits per heavy atom. The number of hydrogen-bond donors (Lipinski definition) is 0. The molecule has 4 bridgehead atoms. The zero-order valence-corrected chi connectivity index (χ0v) is 16.7. The molecule has 2 spiro atoms. The van der Waals surface area contributed by atoms with E-state index in [0.29, 0.717) is 13.0 Å². The van der Waals surface area contributed by atoms with Gasteiger partial charge in [-0.25, -0.2) is 0 Å². The minimum absolute atomic E-state index is 0.0387. The first-order chi connectivity index (χ1) is 13.2. The van der Waals surface area contributed by atoms with Crippen LogP contribution in [0.1, 0.15) is 46.5 Å². The molecule has 3 aliphatic carbocycles. The van der Waals surface area contributed by atoms with E-state index in [4.69, 9.17) is 18.9 Å². The van der Waals surface area contributed by atoms with Gasteiger partial charge in [-0.2, -0.15) is 0 Å². The van der Waals surface area contributed by atoms with Crippen molar-refractivity contribution in [3.63, 3.8) is 0 Å². The zero-order valence-electron chi connectivity index (χ0n) is 16.7. The predicted molar refractivity (Wildman–Crippen MR) is 96.8 cm³/mol. The summed E-state index contributed by atoms with van der Waals surface area (Å²) in [5, 5.41) is 0. The highest BCUT2D eigenvalue weighted by molar-refractivity contribution is 5.83. The first-order valence-electron chi connectivity index (χ1n) is 10.6. The summed E-state index contributed by atoms with van der Waals surface area (Å²) in [5.74, 6) is -0.378. The van der Waals surface area contributed by atoms with Gasteiger partial charge >= 0.3 is 11.9 Å². The maximum Gasteiger partial charge on any atom is 0.316 e. The quantitative estimate of drug-likeness (QED) is 0.508. The molecular weight excluding hydrogens is 360 g/mol. The Balaban J connectivity index is 1.58. The van der Waals surface area contributed by atoms with Gasteiger partial charge in [-0.3, -0.25) is 9.59 Å². The molecule has 9 unspecified atom stereocenters. The molecule has 3 saturated heterocycles. The van der Waals surface area contributed by atoms with Crippen LogP contribution < -0.4 is 0 Å². The van der Waals surface area contributed by atoms with Gasteiger partial charge in [0.2, 0.25) is 0 Å². The molecule has 0 amide bonds. The molecule has 6 heteroatoms. The van der Waals surface area contributed by atoms with Gasteiger partial charge < -0.3 is 18.9 Å². The van der Waals surface area contributed by atoms with Crippen molar-refractivity contribution in [2.45, 2.75) is 71.1 Å². The van der Waals surface area contributed by atoms with Crippen LogP contribution in [0.5, 0.6) is 0 Å². The second kappa shape index (κ2) is 5.01. The van der Waals surface area contributed by atoms with Gasteiger partial charge in [0.05, 0.1) is 12.7 Å². The van der Waals surface area contributed by atoms with Gasteiger partial charge in [0.25, 0.3) is 0 Å². The average molecular weight is 388 g/mol. The van der Waals surface area contributed by atoms with Gasteiger partial charge in [0.1, 0.15) is 17.6 Å². The normalized spacial score (nSPS) is 54.8. The number of ether oxygens (including phenoxy) is 4. The van der Waals surface area contributed by atoms with Crippen LogP contribution in [-0.4, -0.2) is 43.1 Å². The molecule has 3 aliphatic heterocycles. The lowest BCUT2D eigenvalue weighted by Gasteiger charge is -2.66. The van der Waals surface area contributed by atoms with E-state index in [-0.39, 0.29) is 59.0 Å². The fraction of sp³-hybridized carbons (Fsp3) is 0.818. The lowest BCUT2D eigenvalue weighted by Crippen LogP contribution is -2.73. The third-order valence-electron chi connectivity index (χ3n) is 9.00. The van der Waals surface area contributed by atoms with Crippen molar-refractivity contribution in [2.75, 3.05) is 6.61 Å². The van der Waals surface area contributed by atoms with Crippen LogP contribution >= 0.6 is 0 Å². The molecule has 0 N–H and O–H groups in total. The summed E-state index contributed by atoms with van der Waals surface area (Å²) in [6.07, 6.45) is 2.19. The Hall–Kier alpha value is -1.40. The van der Waals surface area contributed by atoms with E-state index < -0.39 is 11.5 Å². The molecule has 0 aromatic carbocycles. The van der Waals surface area contributed by atoms with E-state index in [2.05, 4.69) is 20.4 Å². The van der Waals surface area contributed by atoms with Gasteiger partial charge in [0.15, 0.2) is 6.29 Å². The van der Waals surface area contributed by atoms with E-state index in [0.717, 1.165) is 24.8 Å². The minimum atomic E-state index is -0.892. The fourth-order valence-electron chi connectivity index (χ4n) is 8.25. The largest absolute Gasteiger partial charge is 0.461 e. The van der Waals surface area contributed by atoms with Crippen LogP contribution in [0.25, 0.3) is 0 Å². The van der Waals surface area contributed by atoms with Crippen LogP contribution in [0.4, 0.5) is 0 Å². The Morgan fingerprint density at radius 2 is 2.07 bits per heavy atom. The van der Waals surface area contributed by atoms with E-state index in [1.54, 1.807) is 0 Å². The number of carbonyl (C=O) groups is 2. The van der Waals surface area contributed by atoms with Crippen LogP contribution in [0, 0.1) is 34.0 Å². The molecule has 6 rings (SSSR count). The summed E-state index contributed by atoms with van der Waals surface area (Å²) >= 11 is 0. The molecule has 0 radical (unpaired) electrons. The third kappa shape index (κ3) is 1.71. The second-order valence-electron chi connectivity index (χ2n) is 10.6. The van der Waals surface area contributed by atoms with Crippen molar-refractivity contribution >= 4 is 11.9 Å². The van der Waals surface area contributed by atoms with Crippen molar-refractivity contribution in [3.05, 3.63) is 12.2 Å². The maximum absolute atomic E-state index is 13.6. The number of carbonyl (C=O) groups excluding carboxylic acids is 2. The molecule has 3 heterocycles. The molecule has 3 saturated carbocycles. The highest BCUT2D eigenvalue weighted by atomic mass is 16.7. The molecule has 0 aromatic heterocycles. The smallest absolute Gasteiger partial charge is 0.316 e. The summed E-state index contributed by atoms with van der Waals surface area (Å²) in [7, 11) is 0. The second-order valence-corrected chi connectivity index (χ2v) is 10.6. The highest BCUT2D eigenvalue weighted by Crippen LogP contribution is 2.75. The predicted octanol–water partition coefficient (Wildman–Crippen LogP) is 2.60. The first-order valence-corrected chi connectivity index (χ1v) is 10.6. The Kier molecular flexibility index (Phi) is 3.12. The van der Waals surface area contributed by atoms with Crippen LogP contribution in [-0.2, 0) is 28.5 Å². The van der Waals surface area contributed by atoms with Crippen molar-refractivity contribution in [1.29, 1.82) is 0 Å². The molecule has 9 atom stereocenters. The van der Waals surface area contributed by atoms with Crippen molar-refractivity contribution in [1.82, 2.24) is 0 Å². The first kappa shape index (κ1) is 17.5. The summed E-state index contributed by atoms with van der Waals surface area (Å²) in [4.78, 5) is 25.5. The van der Waals surface area contributed by atoms with Crippen LogP contribution in [0.15, 0.2) is 12.2 Å². The van der Waals surface area contributed by atoms with Crippen LogP contribution in [0.2, 0.25) is 0 Å². The number of hydrogen-bond acceptors (Lipinski definition) is 6. The molecule has 6 aliphatic rings. The summed E-state index contributed by atoms with van der Waals surface area (Å²) in [6.45, 7) is 10.8. The standard InChI is InChI=1S/C22H28O6/c1-10-12-7-13-15-21(8-12,17(10)26-11(2)23)19(24)28-14-5-6-20(3,4)16-18(27-13)25-9-22(14,15)16/h12-18H,1,5-9H2,2-4H3. The van der Waals surface area contributed by atoms with Crippen molar-refractivity contribution in [3.8, 4) is 0 Å². The Morgan fingerprint density at radius 1 is 1.29 bits per heavy atom. The van der Waals surface area contributed by atoms with E-state index in [1.807, 2.05) is 0 Å². The fourth-order valence-corrected chi connectivity index (χ4v) is 8.25. The third-order valence-corrected chi connectivity index (χ3v) is 9.00. The Labute approximate surface area is 164 Å². The number of fused-ring (bicyclic) bond motifs is 1. The van der Waals surface area contributed by atoms with E-state index in [1.165, 1.54) is 6.92 Å². The lowest BCUT2D eigenvalue weighted by atomic mass is 9.42. The zero-order chi connectivity index (χ0) is 19.6. The average Bonchev–Trinajstić information content (AvgIpc) is 3.02. The van der Waals surface area contributed by atoms with Crippen LogP contribution in [0.3, 0.4) is 0 Å². The summed E-state index contributed by atoms with van der Waals surface area (Å²) in [6, 6.07) is 0. The topological polar surface area (TPSA) is 71.1 Å². The van der Waals surface area contributed by atoms with E-state index >= 15 is 0 Å². The molecule has 152 valence electrons. The molecule has 28 heavy (non-hydrogen) atoms. The molecule has 6 nitrogen and oxygen atoms in total. The minimum Gasteiger partial charge on any atom is -0.461 e. The molecule has 6 fully saturated rings. The maximum atomic E-state index is 13.6. The van der Waals surface area contributed by atoms with Gasteiger partial charge in [-0.15, -0.1) is 0 Å². The van der Waals surface area contributed by atoms with Gasteiger partial charge in [-0.05, 0) is 42.6 Å². The van der Waals surface area contributed by atoms with Gasteiger partial charge in [0, 0.05) is 24.2 Å². The highest BCUT2D eigenvalue weighted by Gasteiger charge is 2.82. The SMILES string of the molecule is C=C1C2CC3OC4OCC56C(CCC(C)(C)C45)OC(=O)C(C2)(C1OC(C)=O)C36. The molecule has 0 aromatic rings. The van der Waals surface area contributed by atoms with Crippen molar-refractivity contribution in [2.24, 2.45) is 34.0 Å². The van der Waals surface area contributed by atoms with E-state index in [9.17, 15) is 9.59 Å². The summed E-state index contributed by atoms with van der Waals surface area (Å²) in [5.41, 5.74) is -0.269. The lowest BCUT2D eigenvalue weighted by molar-refractivity contribution is -0.312. The van der Waals surface area contributed by atoms with Crippen molar-refractivity contribution < 1.29 is 28.5 Å². The molecular formula is C22H28O6. The summed E-state index contributed by atoms with van der Waals surface area (Å²) < 4.78 is 24.8. The number of esters is 2.